The van der Waals surface area contributed by atoms with Crippen molar-refractivity contribution in [3.63, 3.8) is 0 Å². The number of ether oxygens (including phenoxy) is 1. The summed E-state index contributed by atoms with van der Waals surface area (Å²) in [7, 11) is 0.0599. The van der Waals surface area contributed by atoms with Crippen LogP contribution < -0.4 is 9.92 Å². The molecule has 0 saturated carbocycles. The van der Waals surface area contributed by atoms with E-state index in [0.29, 0.717) is 5.54 Å². The third kappa shape index (κ3) is 3.13. The minimum atomic E-state index is -1.77. The lowest BCUT2D eigenvalue weighted by Gasteiger charge is -2.36. The Balaban J connectivity index is 2.72. The number of allylic oxidation sites excluding steroid dienone is 4. The van der Waals surface area contributed by atoms with Gasteiger partial charge in [0.15, 0.2) is 0 Å². The van der Waals surface area contributed by atoms with E-state index in [-0.39, 0.29) is 5.41 Å². The van der Waals surface area contributed by atoms with Gasteiger partial charge < -0.3 is 4.74 Å². The van der Waals surface area contributed by atoms with Crippen LogP contribution in [0.4, 0.5) is 0 Å². The Kier molecular flexibility index (Phi) is 4.93. The summed E-state index contributed by atoms with van der Waals surface area (Å²) in [5.74, 6) is 1.12. The first kappa shape index (κ1) is 19.0. The highest BCUT2D eigenvalue weighted by Gasteiger charge is 2.41. The molecule has 0 saturated heterocycles. The molecule has 0 heterocycles. The molecular formula is C22H34OSi. The number of methoxy groups -OCH3 is 1. The Labute approximate surface area is 149 Å². The first-order valence-corrected chi connectivity index (χ1v) is 12.0. The maximum atomic E-state index is 6.00. The summed E-state index contributed by atoms with van der Waals surface area (Å²) < 4.78 is 6.00. The van der Waals surface area contributed by atoms with Crippen molar-refractivity contribution in [2.75, 3.05) is 7.11 Å². The topological polar surface area (TPSA) is 9.23 Å². The molecule has 0 fully saturated rings. The highest BCUT2D eigenvalue weighted by Crippen LogP contribution is 2.44. The average molecular weight is 343 g/mol. The Morgan fingerprint density at radius 2 is 1.58 bits per heavy atom. The summed E-state index contributed by atoms with van der Waals surface area (Å²) in [6.45, 7) is 20.9. The first-order valence-electron chi connectivity index (χ1n) is 8.96. The van der Waals surface area contributed by atoms with E-state index in [1.165, 1.54) is 27.5 Å². The average Bonchev–Trinajstić information content (AvgIpc) is 2.70. The smallest absolute Gasteiger partial charge is 0.121 e. The fraction of sp³-hybridized carbons (Fsp3) is 0.545. The van der Waals surface area contributed by atoms with Crippen LogP contribution >= 0.6 is 0 Å². The summed E-state index contributed by atoms with van der Waals surface area (Å²) in [5, 5.41) is 1.46. The molecule has 0 aromatic heterocycles. The minimum Gasteiger partial charge on any atom is -0.497 e. The van der Waals surface area contributed by atoms with Gasteiger partial charge in [-0.2, -0.15) is 0 Å². The number of rotatable bonds is 3. The zero-order valence-electron chi connectivity index (χ0n) is 17.2. The lowest BCUT2D eigenvalue weighted by Crippen LogP contribution is -2.48. The molecule has 1 aromatic rings. The molecule has 0 N–H and O–H groups in total. The Morgan fingerprint density at radius 1 is 1.00 bits per heavy atom. The monoisotopic (exact) mass is 342 g/mol. The van der Waals surface area contributed by atoms with Crippen LogP contribution in [0.3, 0.4) is 0 Å². The normalized spacial score (nSPS) is 18.9. The molecular weight excluding hydrogens is 308 g/mol. The van der Waals surface area contributed by atoms with E-state index in [1.807, 2.05) is 7.11 Å². The molecule has 0 spiro atoms. The third-order valence-corrected chi connectivity index (χ3v) is 9.71. The fourth-order valence-electron chi connectivity index (χ4n) is 4.40. The van der Waals surface area contributed by atoms with Crippen molar-refractivity contribution >= 4 is 13.3 Å². The zero-order valence-corrected chi connectivity index (χ0v) is 18.2. The van der Waals surface area contributed by atoms with Crippen LogP contribution in [-0.4, -0.2) is 15.2 Å². The van der Waals surface area contributed by atoms with Gasteiger partial charge in [0.05, 0.1) is 15.2 Å². The minimum absolute atomic E-state index is 0.0813. The highest BCUT2D eigenvalue weighted by molar-refractivity contribution is 6.92. The molecule has 0 bridgehead atoms. The maximum Gasteiger partial charge on any atom is 0.121 e. The van der Waals surface area contributed by atoms with Gasteiger partial charge in [-0.3, -0.25) is 0 Å². The van der Waals surface area contributed by atoms with Gasteiger partial charge in [-0.25, -0.2) is 0 Å². The molecule has 2 heteroatoms. The largest absolute Gasteiger partial charge is 0.497 e. The van der Waals surface area contributed by atoms with Crippen LogP contribution in [0.25, 0.3) is 0 Å². The van der Waals surface area contributed by atoms with Gasteiger partial charge in [-0.15, -0.1) is 0 Å². The second-order valence-electron chi connectivity index (χ2n) is 9.05. The van der Waals surface area contributed by atoms with Crippen molar-refractivity contribution in [1.29, 1.82) is 0 Å². The molecule has 1 aliphatic rings. The molecule has 2 rings (SSSR count). The molecule has 0 aliphatic heterocycles. The van der Waals surface area contributed by atoms with Crippen molar-refractivity contribution in [2.24, 2.45) is 0 Å². The molecule has 1 atom stereocenters. The van der Waals surface area contributed by atoms with Crippen LogP contribution in [0.2, 0.25) is 18.6 Å². The van der Waals surface area contributed by atoms with Crippen molar-refractivity contribution in [2.45, 2.75) is 72.5 Å². The summed E-state index contributed by atoms with van der Waals surface area (Å²) in [4.78, 5) is 0. The van der Waals surface area contributed by atoms with Crippen LogP contribution in [0.5, 0.6) is 5.75 Å². The van der Waals surface area contributed by atoms with Crippen LogP contribution in [0, 0.1) is 6.92 Å². The fourth-order valence-corrected chi connectivity index (χ4v) is 8.67. The highest BCUT2D eigenvalue weighted by atomic mass is 28.3. The van der Waals surface area contributed by atoms with E-state index in [4.69, 9.17) is 4.74 Å². The van der Waals surface area contributed by atoms with Crippen molar-refractivity contribution in [1.82, 2.24) is 0 Å². The van der Waals surface area contributed by atoms with E-state index >= 15 is 0 Å². The number of hydrogen-bond donors (Lipinski definition) is 0. The summed E-state index contributed by atoms with van der Waals surface area (Å²) in [6.07, 6.45) is 2.38. The van der Waals surface area contributed by atoms with E-state index in [9.17, 15) is 0 Å². The predicted octanol–water partition coefficient (Wildman–Crippen LogP) is 5.88. The van der Waals surface area contributed by atoms with Gasteiger partial charge in [0.2, 0.25) is 0 Å². The molecule has 1 unspecified atom stereocenters. The van der Waals surface area contributed by atoms with E-state index in [2.05, 4.69) is 79.8 Å². The van der Waals surface area contributed by atoms with E-state index in [1.54, 1.807) is 5.57 Å². The lowest BCUT2D eigenvalue weighted by atomic mass is 9.85. The quantitative estimate of drug-likeness (QED) is 0.623. The van der Waals surface area contributed by atoms with Crippen LogP contribution in [-0.2, 0) is 5.41 Å². The summed E-state index contributed by atoms with van der Waals surface area (Å²) in [6, 6.07) is 4.69. The Hall–Kier alpha value is -1.28. The van der Waals surface area contributed by atoms with E-state index in [0.717, 1.165) is 5.75 Å². The van der Waals surface area contributed by atoms with Gasteiger partial charge in [-0.05, 0) is 43.9 Å². The maximum absolute atomic E-state index is 6.00. The Bertz CT molecular complexity index is 714. The zero-order chi connectivity index (χ0) is 18.4. The van der Waals surface area contributed by atoms with Gasteiger partial charge in [-0.1, -0.05) is 74.4 Å². The van der Waals surface area contributed by atoms with E-state index < -0.39 is 8.07 Å². The number of hydrogen-bond acceptors (Lipinski definition) is 1. The van der Waals surface area contributed by atoms with Crippen LogP contribution in [0.1, 0.15) is 52.7 Å². The lowest BCUT2D eigenvalue weighted by molar-refractivity contribution is 0.400. The predicted molar refractivity (Wildman–Crippen MR) is 109 cm³/mol. The SMILES string of the molecule is COc1c(C(C)(C)C)cc(C)cc1[Si](C)(C)C1C(C)=CC(C)=C1C. The van der Waals surface area contributed by atoms with Gasteiger partial charge in [0, 0.05) is 5.54 Å². The molecule has 24 heavy (non-hydrogen) atoms. The molecule has 1 aliphatic carbocycles. The summed E-state index contributed by atoms with van der Waals surface area (Å²) >= 11 is 0. The molecule has 132 valence electrons. The second-order valence-corrected chi connectivity index (χ2v) is 13.6. The standard InChI is InChI=1S/C22H34OSi/c1-14-11-18(22(5,6)7)20(23-8)19(12-14)24(9,10)21-16(3)13-15(2)17(21)4/h11-13,21H,1-10H3. The number of benzene rings is 1. The van der Waals surface area contributed by atoms with Crippen molar-refractivity contribution in [3.05, 3.63) is 46.1 Å². The molecule has 1 nitrogen and oxygen atoms in total. The van der Waals surface area contributed by atoms with Gasteiger partial charge >= 0.3 is 0 Å². The van der Waals surface area contributed by atoms with Crippen molar-refractivity contribution in [3.8, 4) is 5.75 Å². The summed E-state index contributed by atoms with van der Waals surface area (Å²) in [5.41, 5.74) is 7.83. The van der Waals surface area contributed by atoms with Gasteiger partial charge in [0.1, 0.15) is 5.75 Å². The molecule has 1 aromatic carbocycles. The number of aryl methyl sites for hydroxylation is 1. The molecule has 0 radical (unpaired) electrons. The van der Waals surface area contributed by atoms with Gasteiger partial charge in [0.25, 0.3) is 0 Å². The third-order valence-electron chi connectivity index (χ3n) is 5.62. The second kappa shape index (κ2) is 6.22. The van der Waals surface area contributed by atoms with Crippen molar-refractivity contribution < 1.29 is 4.74 Å². The first-order chi connectivity index (χ1) is 10.9. The van der Waals surface area contributed by atoms with Crippen LogP contribution in [0.15, 0.2) is 34.9 Å². The molecule has 0 amide bonds. The Morgan fingerprint density at radius 3 is 2.00 bits per heavy atom.